The van der Waals surface area contributed by atoms with Crippen molar-refractivity contribution in [3.8, 4) is 0 Å². The number of hydrogen-bond acceptors (Lipinski definition) is 4. The molecule has 27 heavy (non-hydrogen) atoms. The van der Waals surface area contributed by atoms with Crippen molar-refractivity contribution in [2.75, 3.05) is 19.6 Å². The van der Waals surface area contributed by atoms with E-state index in [1.54, 1.807) is 0 Å². The van der Waals surface area contributed by atoms with E-state index in [-0.39, 0.29) is 42.1 Å². The van der Waals surface area contributed by atoms with Gasteiger partial charge < -0.3 is 5.32 Å². The molecule has 4 rings (SSSR count). The Hall–Kier alpha value is -2.21. The molecule has 3 aliphatic rings. The van der Waals surface area contributed by atoms with E-state index >= 15 is 0 Å². The minimum Gasteiger partial charge on any atom is -0.350 e. The zero-order valence-electron chi connectivity index (χ0n) is 15.6. The van der Waals surface area contributed by atoms with E-state index in [2.05, 4.69) is 22.3 Å². The Balaban J connectivity index is 1.27. The number of carbonyl (C=O) groups is 3. The topological polar surface area (TPSA) is 69.7 Å². The zero-order valence-corrected chi connectivity index (χ0v) is 15.6. The summed E-state index contributed by atoms with van der Waals surface area (Å²) >= 11 is 0. The van der Waals surface area contributed by atoms with Crippen molar-refractivity contribution < 1.29 is 14.4 Å². The molecule has 0 bridgehead atoms. The van der Waals surface area contributed by atoms with E-state index in [1.807, 2.05) is 18.2 Å². The van der Waals surface area contributed by atoms with Crippen LogP contribution in [0.2, 0.25) is 0 Å². The first kappa shape index (κ1) is 18.2. The van der Waals surface area contributed by atoms with Gasteiger partial charge in [0, 0.05) is 25.7 Å². The van der Waals surface area contributed by atoms with Crippen LogP contribution in [0.1, 0.15) is 37.7 Å². The summed E-state index contributed by atoms with van der Waals surface area (Å²) in [7, 11) is 0. The molecule has 0 spiro atoms. The van der Waals surface area contributed by atoms with Gasteiger partial charge in [0.2, 0.25) is 17.7 Å². The summed E-state index contributed by atoms with van der Waals surface area (Å²) in [4.78, 5) is 41.0. The molecule has 1 saturated carbocycles. The van der Waals surface area contributed by atoms with Crippen LogP contribution in [-0.2, 0) is 20.9 Å². The lowest BCUT2D eigenvalue weighted by Crippen LogP contribution is -2.45. The molecule has 6 heteroatoms. The summed E-state index contributed by atoms with van der Waals surface area (Å²) in [6.07, 6.45) is 4.46. The number of nitrogens with zero attached hydrogens (tertiary/aromatic N) is 2. The number of amides is 3. The van der Waals surface area contributed by atoms with Gasteiger partial charge >= 0.3 is 0 Å². The van der Waals surface area contributed by atoms with Crippen LogP contribution in [0.25, 0.3) is 0 Å². The fourth-order valence-corrected chi connectivity index (χ4v) is 4.74. The van der Waals surface area contributed by atoms with Crippen molar-refractivity contribution in [2.45, 2.75) is 44.7 Å². The van der Waals surface area contributed by atoms with Gasteiger partial charge in [0.25, 0.3) is 0 Å². The number of hydrogen-bond donors (Lipinski definition) is 1. The van der Waals surface area contributed by atoms with Gasteiger partial charge in [-0.1, -0.05) is 43.2 Å². The number of nitrogens with one attached hydrogen (secondary N) is 1. The van der Waals surface area contributed by atoms with E-state index in [9.17, 15) is 14.4 Å². The Bertz CT molecular complexity index is 697. The molecule has 0 aromatic heterocycles. The van der Waals surface area contributed by atoms with Gasteiger partial charge in [0.05, 0.1) is 11.8 Å². The van der Waals surface area contributed by atoms with E-state index in [0.29, 0.717) is 0 Å². The molecule has 2 saturated heterocycles. The summed E-state index contributed by atoms with van der Waals surface area (Å²) < 4.78 is 0. The lowest BCUT2D eigenvalue weighted by atomic mass is 9.81. The molecule has 0 radical (unpaired) electrons. The highest BCUT2D eigenvalue weighted by Gasteiger charge is 2.48. The van der Waals surface area contributed by atoms with Crippen molar-refractivity contribution in [1.82, 2.24) is 15.1 Å². The molecule has 3 atom stereocenters. The Morgan fingerprint density at radius 3 is 2.33 bits per heavy atom. The Kier molecular flexibility index (Phi) is 5.25. The molecule has 1 aromatic rings. The van der Waals surface area contributed by atoms with Crippen LogP contribution in [0.15, 0.2) is 30.3 Å². The second kappa shape index (κ2) is 7.80. The van der Waals surface area contributed by atoms with Crippen molar-refractivity contribution >= 4 is 17.7 Å². The van der Waals surface area contributed by atoms with Crippen LogP contribution in [0, 0.1) is 11.8 Å². The van der Waals surface area contributed by atoms with Gasteiger partial charge in [-0.3, -0.25) is 24.2 Å². The maximum absolute atomic E-state index is 12.5. The molecule has 2 heterocycles. The largest absolute Gasteiger partial charge is 0.350 e. The van der Waals surface area contributed by atoms with Gasteiger partial charge in [-0.25, -0.2) is 0 Å². The summed E-state index contributed by atoms with van der Waals surface area (Å²) in [5.41, 5.74) is 1.26. The molecule has 1 aromatic carbocycles. The maximum atomic E-state index is 12.5. The van der Waals surface area contributed by atoms with Crippen LogP contribution in [0.4, 0.5) is 0 Å². The molecular weight excluding hydrogens is 342 g/mol. The van der Waals surface area contributed by atoms with Gasteiger partial charge in [-0.05, 0) is 24.8 Å². The van der Waals surface area contributed by atoms with Crippen LogP contribution < -0.4 is 5.32 Å². The maximum Gasteiger partial charge on any atom is 0.240 e. The number of fused-ring (bicyclic) bond motifs is 1. The molecule has 1 N–H and O–H groups in total. The van der Waals surface area contributed by atoms with E-state index in [1.165, 1.54) is 10.5 Å². The third kappa shape index (κ3) is 3.90. The van der Waals surface area contributed by atoms with Crippen LogP contribution in [0.5, 0.6) is 0 Å². The molecule has 2 aliphatic heterocycles. The molecule has 6 nitrogen and oxygen atoms in total. The average molecular weight is 369 g/mol. The van der Waals surface area contributed by atoms with Gasteiger partial charge in [0.15, 0.2) is 0 Å². The standard InChI is InChI=1S/C21H27N3O3/c25-19(14-24-20(26)17-8-4-5-9-18(17)21(24)27)22-16-10-11-23(13-16)12-15-6-2-1-3-7-15/h1-3,6-7,16-18H,4-5,8-14H2,(H,22,25). The molecular formula is C21H27N3O3. The van der Waals surface area contributed by atoms with E-state index in [4.69, 9.17) is 0 Å². The highest BCUT2D eigenvalue weighted by Crippen LogP contribution is 2.37. The fourth-order valence-electron chi connectivity index (χ4n) is 4.74. The first-order valence-corrected chi connectivity index (χ1v) is 10.0. The minimum atomic E-state index is -0.220. The minimum absolute atomic E-state index is 0.0799. The summed E-state index contributed by atoms with van der Waals surface area (Å²) in [5.74, 6) is -0.880. The predicted molar refractivity (Wildman–Crippen MR) is 100 cm³/mol. The highest BCUT2D eigenvalue weighted by atomic mass is 16.2. The van der Waals surface area contributed by atoms with Gasteiger partial charge in [0.1, 0.15) is 6.54 Å². The number of benzene rings is 1. The number of imide groups is 1. The van der Waals surface area contributed by atoms with Crippen molar-refractivity contribution in [3.05, 3.63) is 35.9 Å². The Morgan fingerprint density at radius 1 is 1.00 bits per heavy atom. The Morgan fingerprint density at radius 2 is 1.67 bits per heavy atom. The number of rotatable bonds is 5. The quantitative estimate of drug-likeness (QED) is 0.800. The van der Waals surface area contributed by atoms with Crippen molar-refractivity contribution in [2.24, 2.45) is 11.8 Å². The Labute approximate surface area is 159 Å². The first-order chi connectivity index (χ1) is 13.1. The molecule has 3 amide bonds. The highest BCUT2D eigenvalue weighted by molar-refractivity contribution is 6.07. The first-order valence-electron chi connectivity index (χ1n) is 10.0. The third-order valence-electron chi connectivity index (χ3n) is 6.12. The van der Waals surface area contributed by atoms with Crippen LogP contribution in [0.3, 0.4) is 0 Å². The number of carbonyl (C=O) groups excluding carboxylic acids is 3. The van der Waals surface area contributed by atoms with Crippen LogP contribution in [-0.4, -0.2) is 53.2 Å². The monoisotopic (exact) mass is 369 g/mol. The molecule has 1 aliphatic carbocycles. The smallest absolute Gasteiger partial charge is 0.240 e. The van der Waals surface area contributed by atoms with Gasteiger partial charge in [-0.2, -0.15) is 0 Å². The summed E-state index contributed by atoms with van der Waals surface area (Å²) in [6, 6.07) is 10.4. The van der Waals surface area contributed by atoms with E-state index in [0.717, 1.165) is 51.7 Å². The average Bonchev–Trinajstić information content (AvgIpc) is 3.21. The predicted octanol–water partition coefficient (Wildman–Crippen LogP) is 1.55. The lowest BCUT2D eigenvalue weighted by Gasteiger charge is -2.19. The molecule has 144 valence electrons. The third-order valence-corrected chi connectivity index (χ3v) is 6.12. The second-order valence-corrected chi connectivity index (χ2v) is 8.03. The van der Waals surface area contributed by atoms with Crippen LogP contribution >= 0.6 is 0 Å². The normalized spacial score (nSPS) is 28.4. The van der Waals surface area contributed by atoms with E-state index < -0.39 is 0 Å². The van der Waals surface area contributed by atoms with Gasteiger partial charge in [-0.15, -0.1) is 0 Å². The molecule has 3 fully saturated rings. The number of likely N-dealkylation sites (tertiary alicyclic amines) is 2. The fraction of sp³-hybridized carbons (Fsp3) is 0.571. The summed E-state index contributed by atoms with van der Waals surface area (Å²) in [6.45, 7) is 2.48. The second-order valence-electron chi connectivity index (χ2n) is 8.03. The van der Waals surface area contributed by atoms with Crippen molar-refractivity contribution in [3.63, 3.8) is 0 Å². The lowest BCUT2D eigenvalue weighted by molar-refractivity contribution is -0.143. The molecule has 3 unspecified atom stereocenters. The summed E-state index contributed by atoms with van der Waals surface area (Å²) in [5, 5.41) is 3.02. The van der Waals surface area contributed by atoms with Crippen molar-refractivity contribution in [1.29, 1.82) is 0 Å². The zero-order chi connectivity index (χ0) is 18.8. The SMILES string of the molecule is O=C(CN1C(=O)C2CCCCC2C1=O)NC1CCN(Cc2ccccc2)C1.